The Bertz CT molecular complexity index is 391. The zero-order valence-electron chi connectivity index (χ0n) is 10.2. The Labute approximate surface area is 106 Å². The molecule has 1 rings (SSSR count). The van der Waals surface area contributed by atoms with Crippen LogP contribution >= 0.6 is 0 Å². The molecular weight excluding hydrogens is 234 g/mol. The third kappa shape index (κ3) is 3.85. The molecule has 0 heterocycles. The molecule has 18 heavy (non-hydrogen) atoms. The second-order valence-corrected chi connectivity index (χ2v) is 4.04. The minimum Gasteiger partial charge on any atom is -0.480 e. The van der Waals surface area contributed by atoms with Crippen molar-refractivity contribution >= 4 is 11.9 Å². The van der Waals surface area contributed by atoms with Crippen LogP contribution in [0.25, 0.3) is 0 Å². The van der Waals surface area contributed by atoms with Gasteiger partial charge in [-0.2, -0.15) is 0 Å². The van der Waals surface area contributed by atoms with E-state index in [-0.39, 0.29) is 0 Å². The van der Waals surface area contributed by atoms with Crippen LogP contribution in [0.3, 0.4) is 0 Å². The van der Waals surface area contributed by atoms with E-state index in [2.05, 4.69) is 0 Å². The van der Waals surface area contributed by atoms with Gasteiger partial charge in [0.25, 0.3) is 0 Å². The Kier molecular flexibility index (Phi) is 5.32. The van der Waals surface area contributed by atoms with Gasteiger partial charge in [0, 0.05) is 6.54 Å². The quantitative estimate of drug-likeness (QED) is 0.717. The third-order valence-corrected chi connectivity index (χ3v) is 2.57. The molecule has 98 valence electrons. The number of rotatable bonds is 7. The van der Waals surface area contributed by atoms with Gasteiger partial charge in [-0.3, -0.25) is 4.90 Å². The molecule has 0 atom stereocenters. The van der Waals surface area contributed by atoms with Gasteiger partial charge in [-0.05, 0) is 18.5 Å². The molecule has 0 spiro atoms. The van der Waals surface area contributed by atoms with Gasteiger partial charge in [-0.15, -0.1) is 0 Å². The van der Waals surface area contributed by atoms with E-state index in [4.69, 9.17) is 10.2 Å². The van der Waals surface area contributed by atoms with Crippen LogP contribution < -0.4 is 0 Å². The molecule has 0 aliphatic rings. The number of hydrogen-bond acceptors (Lipinski definition) is 3. The highest BCUT2D eigenvalue weighted by Crippen LogP contribution is 2.10. The lowest BCUT2D eigenvalue weighted by Crippen LogP contribution is -2.46. The van der Waals surface area contributed by atoms with Crippen molar-refractivity contribution < 1.29 is 19.8 Å². The lowest BCUT2D eigenvalue weighted by atomic mass is 10.1. The molecule has 0 saturated heterocycles. The van der Waals surface area contributed by atoms with Crippen molar-refractivity contribution in [1.29, 1.82) is 0 Å². The summed E-state index contributed by atoms with van der Waals surface area (Å²) in [5.41, 5.74) is 0.901. The summed E-state index contributed by atoms with van der Waals surface area (Å²) >= 11 is 0. The number of carbonyl (C=O) groups is 2. The number of carboxylic acids is 2. The van der Waals surface area contributed by atoms with E-state index in [0.29, 0.717) is 19.5 Å². The summed E-state index contributed by atoms with van der Waals surface area (Å²) in [4.78, 5) is 23.5. The van der Waals surface area contributed by atoms with Crippen molar-refractivity contribution in [2.24, 2.45) is 0 Å². The minimum absolute atomic E-state index is 0.317. The Balaban J connectivity index is 2.87. The van der Waals surface area contributed by atoms with Gasteiger partial charge in [0.1, 0.15) is 0 Å². The molecule has 0 aromatic heterocycles. The van der Waals surface area contributed by atoms with Gasteiger partial charge >= 0.3 is 11.9 Å². The summed E-state index contributed by atoms with van der Waals surface area (Å²) in [6.45, 7) is 2.63. The van der Waals surface area contributed by atoms with Crippen LogP contribution in [0.1, 0.15) is 18.9 Å². The maximum absolute atomic E-state index is 11.0. The molecule has 0 aliphatic heterocycles. The third-order valence-electron chi connectivity index (χ3n) is 2.57. The summed E-state index contributed by atoms with van der Waals surface area (Å²) in [5, 5.41) is 18.0. The summed E-state index contributed by atoms with van der Waals surface area (Å²) in [5.74, 6) is -2.65. The molecule has 0 radical (unpaired) electrons. The van der Waals surface area contributed by atoms with Gasteiger partial charge in [0.15, 0.2) is 0 Å². The van der Waals surface area contributed by atoms with Gasteiger partial charge in [-0.25, -0.2) is 9.59 Å². The molecule has 0 saturated carbocycles. The molecule has 0 unspecified atom stereocenters. The van der Waals surface area contributed by atoms with E-state index in [1.165, 1.54) is 4.90 Å². The fourth-order valence-corrected chi connectivity index (χ4v) is 1.82. The van der Waals surface area contributed by atoms with Gasteiger partial charge < -0.3 is 10.2 Å². The molecule has 1 aromatic carbocycles. The largest absolute Gasteiger partial charge is 0.480 e. The van der Waals surface area contributed by atoms with Crippen molar-refractivity contribution in [3.63, 3.8) is 0 Å². The van der Waals surface area contributed by atoms with E-state index in [1.54, 1.807) is 0 Å². The SMILES string of the molecule is CCCN(Cc1ccccc1)C(C(=O)O)C(=O)O. The Morgan fingerprint density at radius 2 is 1.72 bits per heavy atom. The van der Waals surface area contributed by atoms with Crippen LogP contribution in [0.5, 0.6) is 0 Å². The van der Waals surface area contributed by atoms with Crippen molar-refractivity contribution in [3.05, 3.63) is 35.9 Å². The normalized spacial score (nSPS) is 10.8. The Morgan fingerprint density at radius 1 is 1.17 bits per heavy atom. The lowest BCUT2D eigenvalue weighted by molar-refractivity contribution is -0.156. The topological polar surface area (TPSA) is 77.8 Å². The van der Waals surface area contributed by atoms with Crippen LogP contribution in [0.2, 0.25) is 0 Å². The zero-order valence-corrected chi connectivity index (χ0v) is 10.2. The smallest absolute Gasteiger partial charge is 0.332 e. The number of aliphatic carboxylic acids is 2. The molecule has 0 amide bonds. The average Bonchev–Trinajstić information content (AvgIpc) is 2.29. The monoisotopic (exact) mass is 251 g/mol. The number of benzene rings is 1. The van der Waals surface area contributed by atoms with Crippen molar-refractivity contribution in [2.75, 3.05) is 6.54 Å². The molecular formula is C13H17NO4. The second kappa shape index (κ2) is 6.76. The summed E-state index contributed by atoms with van der Waals surface area (Å²) in [6, 6.07) is 7.75. The maximum atomic E-state index is 11.0. The molecule has 0 aliphatic carbocycles. The maximum Gasteiger partial charge on any atom is 0.332 e. The van der Waals surface area contributed by atoms with Crippen LogP contribution in [-0.4, -0.2) is 39.6 Å². The molecule has 2 N–H and O–H groups in total. The average molecular weight is 251 g/mol. The van der Waals surface area contributed by atoms with Crippen molar-refractivity contribution in [2.45, 2.75) is 25.9 Å². The van der Waals surface area contributed by atoms with Crippen LogP contribution in [-0.2, 0) is 16.1 Å². The number of hydrogen-bond donors (Lipinski definition) is 2. The van der Waals surface area contributed by atoms with Gasteiger partial charge in [0.05, 0.1) is 0 Å². The zero-order chi connectivity index (χ0) is 13.5. The molecule has 0 bridgehead atoms. The first kappa shape index (κ1) is 14.2. The number of nitrogens with zero attached hydrogens (tertiary/aromatic N) is 1. The molecule has 1 aromatic rings. The second-order valence-electron chi connectivity index (χ2n) is 4.04. The first-order chi connectivity index (χ1) is 8.56. The fraction of sp³-hybridized carbons (Fsp3) is 0.385. The van der Waals surface area contributed by atoms with E-state index in [9.17, 15) is 9.59 Å². The summed E-state index contributed by atoms with van der Waals surface area (Å²) < 4.78 is 0. The van der Waals surface area contributed by atoms with Crippen molar-refractivity contribution in [3.8, 4) is 0 Å². The standard InChI is InChI=1S/C13H17NO4/c1-2-8-14(11(12(15)16)13(17)18)9-10-6-4-3-5-7-10/h3-7,11H,2,8-9H2,1H3,(H,15,16)(H,17,18). The van der Waals surface area contributed by atoms with Crippen LogP contribution in [0.4, 0.5) is 0 Å². The first-order valence-corrected chi connectivity index (χ1v) is 5.79. The van der Waals surface area contributed by atoms with Gasteiger partial charge in [0.2, 0.25) is 6.04 Å². The Hall–Kier alpha value is -1.88. The molecule has 5 nitrogen and oxygen atoms in total. The predicted octanol–water partition coefficient (Wildman–Crippen LogP) is 1.44. The highest BCUT2D eigenvalue weighted by molar-refractivity contribution is 5.97. The fourth-order valence-electron chi connectivity index (χ4n) is 1.82. The minimum atomic E-state index is -1.50. The first-order valence-electron chi connectivity index (χ1n) is 5.79. The summed E-state index contributed by atoms with van der Waals surface area (Å²) in [7, 11) is 0. The molecule has 0 fully saturated rings. The molecule has 5 heteroatoms. The van der Waals surface area contributed by atoms with Gasteiger partial charge in [-0.1, -0.05) is 37.3 Å². The van der Waals surface area contributed by atoms with E-state index < -0.39 is 18.0 Å². The lowest BCUT2D eigenvalue weighted by Gasteiger charge is -2.25. The highest BCUT2D eigenvalue weighted by atomic mass is 16.4. The highest BCUT2D eigenvalue weighted by Gasteiger charge is 2.32. The predicted molar refractivity (Wildman–Crippen MR) is 66.2 cm³/mol. The summed E-state index contributed by atoms with van der Waals surface area (Å²) in [6.07, 6.45) is 0.698. The number of carboxylic acid groups (broad SMARTS) is 2. The van der Waals surface area contributed by atoms with Crippen LogP contribution in [0.15, 0.2) is 30.3 Å². The van der Waals surface area contributed by atoms with E-state index in [1.807, 2.05) is 37.3 Å². The van der Waals surface area contributed by atoms with E-state index >= 15 is 0 Å². The Morgan fingerprint density at radius 3 is 2.17 bits per heavy atom. The van der Waals surface area contributed by atoms with E-state index in [0.717, 1.165) is 5.56 Å². The van der Waals surface area contributed by atoms with Crippen LogP contribution in [0, 0.1) is 0 Å². The van der Waals surface area contributed by atoms with Crippen molar-refractivity contribution in [1.82, 2.24) is 4.90 Å².